The van der Waals surface area contributed by atoms with Gasteiger partial charge < -0.3 is 9.16 Å². The van der Waals surface area contributed by atoms with Crippen molar-refractivity contribution in [2.45, 2.75) is 52.0 Å². The molecule has 3 nitrogen and oxygen atoms in total. The molecule has 0 saturated heterocycles. The van der Waals surface area contributed by atoms with Crippen LogP contribution in [0.2, 0.25) is 5.04 Å². The molecule has 0 amide bonds. The van der Waals surface area contributed by atoms with Gasteiger partial charge in [-0.3, -0.25) is 4.79 Å². The van der Waals surface area contributed by atoms with E-state index in [1.54, 1.807) is 0 Å². The standard InChI is InChI=1S/C19H28O3Si/c1-14(2)19(4,5)23-22-15(3)12-17(13-18(20)21-6)16-10-8-7-9-11-16/h7-12,14,17H,13H2,1-6H3/b15-12-. The lowest BCUT2D eigenvalue weighted by molar-refractivity contribution is -0.140. The predicted molar refractivity (Wildman–Crippen MR) is 95.3 cm³/mol. The molecule has 0 aromatic heterocycles. The molecule has 126 valence electrons. The van der Waals surface area contributed by atoms with E-state index in [-0.39, 0.29) is 16.9 Å². The largest absolute Gasteiger partial charge is 0.544 e. The lowest BCUT2D eigenvalue weighted by Gasteiger charge is -2.27. The molecule has 1 unspecified atom stereocenters. The molecule has 0 aliphatic rings. The van der Waals surface area contributed by atoms with Crippen molar-refractivity contribution in [2.75, 3.05) is 7.11 Å². The molecule has 0 spiro atoms. The van der Waals surface area contributed by atoms with Gasteiger partial charge in [0.1, 0.15) is 0 Å². The molecule has 0 heterocycles. The number of rotatable bonds is 8. The summed E-state index contributed by atoms with van der Waals surface area (Å²) >= 11 is 0. The van der Waals surface area contributed by atoms with Crippen LogP contribution in [0.25, 0.3) is 0 Å². The van der Waals surface area contributed by atoms with Gasteiger partial charge >= 0.3 is 15.7 Å². The van der Waals surface area contributed by atoms with E-state index in [1.165, 1.54) is 7.11 Å². The minimum absolute atomic E-state index is 0.0318. The molecule has 1 aromatic carbocycles. The van der Waals surface area contributed by atoms with E-state index < -0.39 is 0 Å². The third-order valence-corrected chi connectivity index (χ3v) is 5.72. The molecule has 0 aliphatic carbocycles. The third kappa shape index (κ3) is 6.61. The molecule has 0 N–H and O–H groups in total. The molecule has 2 radical (unpaired) electrons. The maximum Gasteiger partial charge on any atom is 0.316 e. The summed E-state index contributed by atoms with van der Waals surface area (Å²) in [4.78, 5) is 11.7. The third-order valence-electron chi connectivity index (χ3n) is 4.20. The van der Waals surface area contributed by atoms with E-state index in [9.17, 15) is 4.79 Å². The Morgan fingerprint density at radius 1 is 1.26 bits per heavy atom. The highest BCUT2D eigenvalue weighted by Gasteiger charge is 2.26. The van der Waals surface area contributed by atoms with Gasteiger partial charge in [-0.05, 0) is 29.5 Å². The lowest BCUT2D eigenvalue weighted by Crippen LogP contribution is -2.21. The van der Waals surface area contributed by atoms with Crippen molar-refractivity contribution in [1.29, 1.82) is 0 Å². The summed E-state index contributed by atoms with van der Waals surface area (Å²) in [5, 5.41) is 0.139. The number of esters is 1. The minimum Gasteiger partial charge on any atom is -0.544 e. The average Bonchev–Trinajstić information content (AvgIpc) is 2.53. The van der Waals surface area contributed by atoms with Crippen LogP contribution in [-0.4, -0.2) is 22.8 Å². The molecule has 1 aromatic rings. The summed E-state index contributed by atoms with van der Waals surface area (Å²) in [6, 6.07) is 9.98. The number of allylic oxidation sites excluding steroid dienone is 2. The zero-order chi connectivity index (χ0) is 17.5. The summed E-state index contributed by atoms with van der Waals surface area (Å²) in [6.07, 6.45) is 2.34. The molecule has 1 rings (SSSR count). The molecular weight excluding hydrogens is 304 g/mol. The maximum atomic E-state index is 11.7. The van der Waals surface area contributed by atoms with E-state index >= 15 is 0 Å². The lowest BCUT2D eigenvalue weighted by atomic mass is 9.95. The number of carbonyl (C=O) groups excluding carboxylic acids is 1. The summed E-state index contributed by atoms with van der Waals surface area (Å²) < 4.78 is 10.8. The van der Waals surface area contributed by atoms with Gasteiger partial charge in [0.15, 0.2) is 0 Å². The normalized spacial score (nSPS) is 13.8. The van der Waals surface area contributed by atoms with Gasteiger partial charge in [-0.2, -0.15) is 0 Å². The molecule has 0 saturated carbocycles. The predicted octanol–water partition coefficient (Wildman–Crippen LogP) is 4.73. The number of hydrogen-bond donors (Lipinski definition) is 0. The van der Waals surface area contributed by atoms with Gasteiger partial charge in [0.05, 0.1) is 19.3 Å². The van der Waals surface area contributed by atoms with Crippen LogP contribution < -0.4 is 0 Å². The summed E-state index contributed by atoms with van der Waals surface area (Å²) in [5.74, 6) is 1.16. The summed E-state index contributed by atoms with van der Waals surface area (Å²) in [5.41, 5.74) is 1.09. The van der Waals surface area contributed by atoms with Gasteiger partial charge in [-0.25, -0.2) is 0 Å². The molecule has 4 heteroatoms. The number of ether oxygens (including phenoxy) is 1. The fourth-order valence-electron chi connectivity index (χ4n) is 1.88. The second-order valence-corrected chi connectivity index (χ2v) is 8.35. The van der Waals surface area contributed by atoms with Crippen LogP contribution in [-0.2, 0) is 14.0 Å². The Labute approximate surface area is 143 Å². The number of carbonyl (C=O) groups is 1. The van der Waals surface area contributed by atoms with Gasteiger partial charge in [-0.15, -0.1) is 0 Å². The Morgan fingerprint density at radius 3 is 2.39 bits per heavy atom. The van der Waals surface area contributed by atoms with Gasteiger partial charge in [0.2, 0.25) is 0 Å². The quantitative estimate of drug-likeness (QED) is 0.392. The highest BCUT2D eigenvalue weighted by Crippen LogP contribution is 2.33. The van der Waals surface area contributed by atoms with Gasteiger partial charge in [-0.1, -0.05) is 58.0 Å². The van der Waals surface area contributed by atoms with Crippen molar-refractivity contribution in [3.05, 3.63) is 47.7 Å². The summed E-state index contributed by atoms with van der Waals surface area (Å²) in [7, 11) is 1.81. The van der Waals surface area contributed by atoms with Crippen LogP contribution in [0.4, 0.5) is 0 Å². The second-order valence-electron chi connectivity index (χ2n) is 6.66. The van der Waals surface area contributed by atoms with E-state index in [2.05, 4.69) is 27.7 Å². The topological polar surface area (TPSA) is 35.5 Å². The van der Waals surface area contributed by atoms with E-state index in [0.29, 0.717) is 22.1 Å². The van der Waals surface area contributed by atoms with E-state index in [0.717, 1.165) is 11.3 Å². The molecule has 0 bridgehead atoms. The Balaban J connectivity index is 2.84. The fraction of sp³-hybridized carbons (Fsp3) is 0.526. The SMILES string of the molecule is COC(=O)CC(/C=C(/C)O[Si]C(C)(C)C(C)C)c1ccccc1. The van der Waals surface area contributed by atoms with Crippen LogP contribution in [0.1, 0.15) is 52.5 Å². The van der Waals surface area contributed by atoms with Crippen molar-refractivity contribution in [2.24, 2.45) is 5.92 Å². The highest BCUT2D eigenvalue weighted by atomic mass is 28.2. The first kappa shape index (κ1) is 19.5. The highest BCUT2D eigenvalue weighted by molar-refractivity contribution is 6.32. The van der Waals surface area contributed by atoms with Crippen molar-refractivity contribution in [1.82, 2.24) is 0 Å². The van der Waals surface area contributed by atoms with Crippen molar-refractivity contribution in [3.8, 4) is 0 Å². The van der Waals surface area contributed by atoms with Crippen LogP contribution in [0.5, 0.6) is 0 Å². The zero-order valence-electron chi connectivity index (χ0n) is 15.1. The van der Waals surface area contributed by atoms with Crippen LogP contribution >= 0.6 is 0 Å². The second kappa shape index (κ2) is 8.92. The zero-order valence-corrected chi connectivity index (χ0v) is 16.1. The first-order chi connectivity index (χ1) is 10.8. The fourth-order valence-corrected chi connectivity index (χ4v) is 2.61. The number of hydrogen-bond acceptors (Lipinski definition) is 3. The van der Waals surface area contributed by atoms with Crippen LogP contribution in [0, 0.1) is 5.92 Å². The van der Waals surface area contributed by atoms with Crippen molar-refractivity contribution in [3.63, 3.8) is 0 Å². The minimum atomic E-state index is -0.215. The Kier molecular flexibility index (Phi) is 7.56. The smallest absolute Gasteiger partial charge is 0.316 e. The van der Waals surface area contributed by atoms with Crippen molar-refractivity contribution < 1.29 is 14.0 Å². The first-order valence-corrected chi connectivity index (χ1v) is 8.91. The number of benzene rings is 1. The Morgan fingerprint density at radius 2 is 1.87 bits per heavy atom. The number of methoxy groups -OCH3 is 1. The maximum absolute atomic E-state index is 11.7. The van der Waals surface area contributed by atoms with E-state index in [1.807, 2.05) is 43.3 Å². The molecule has 23 heavy (non-hydrogen) atoms. The van der Waals surface area contributed by atoms with Gasteiger partial charge in [0, 0.05) is 5.92 Å². The molecule has 0 fully saturated rings. The van der Waals surface area contributed by atoms with Crippen molar-refractivity contribution >= 4 is 15.7 Å². The Hall–Kier alpha value is -1.55. The Bertz CT molecular complexity index is 521. The van der Waals surface area contributed by atoms with Crippen LogP contribution in [0.3, 0.4) is 0 Å². The molecule has 0 aliphatic heterocycles. The average molecular weight is 333 g/mol. The molecular formula is C19H28O3Si. The molecule has 1 atom stereocenters. The van der Waals surface area contributed by atoms with Crippen LogP contribution in [0.15, 0.2) is 42.2 Å². The first-order valence-electron chi connectivity index (χ1n) is 8.00. The monoisotopic (exact) mass is 332 g/mol. The van der Waals surface area contributed by atoms with E-state index in [4.69, 9.17) is 9.16 Å². The van der Waals surface area contributed by atoms with Gasteiger partial charge in [0.25, 0.3) is 0 Å². The summed E-state index contributed by atoms with van der Waals surface area (Å²) in [6.45, 7) is 10.8.